The van der Waals surface area contributed by atoms with E-state index in [1.54, 1.807) is 23.1 Å². The van der Waals surface area contributed by atoms with Gasteiger partial charge in [-0.25, -0.2) is 9.98 Å². The molecule has 1 aliphatic rings. The number of aliphatic imine (C=N–C) groups is 1. The van der Waals surface area contributed by atoms with Crippen molar-refractivity contribution in [3.8, 4) is 0 Å². The number of nitrogens with one attached hydrogen (secondary N) is 2. The van der Waals surface area contributed by atoms with Crippen LogP contribution < -0.4 is 15.5 Å². The lowest BCUT2D eigenvalue weighted by atomic mass is 10.0. The van der Waals surface area contributed by atoms with Crippen LogP contribution in [-0.2, 0) is 6.54 Å². The molecular weight excluding hydrogens is 318 g/mol. The highest BCUT2D eigenvalue weighted by Crippen LogP contribution is 2.26. The number of hydrogen-bond acceptors (Lipinski definition) is 6. The Kier molecular flexibility index (Phi) is 6.34. The third-order valence-corrected chi connectivity index (χ3v) is 5.62. The monoisotopic (exact) mass is 343 g/mol. The minimum Gasteiger partial charge on any atom is -0.387 e. The third-order valence-electron chi connectivity index (χ3n) is 3.33. The Bertz CT molecular complexity index is 497. The molecule has 124 valence electrons. The van der Waals surface area contributed by atoms with E-state index in [4.69, 9.17) is 0 Å². The Labute approximate surface area is 140 Å². The molecule has 0 aliphatic carbocycles. The maximum Gasteiger partial charge on any atom is 0.191 e. The average molecular weight is 344 g/mol. The smallest absolute Gasteiger partial charge is 0.191 e. The number of guanidine groups is 1. The number of anilines is 1. The Morgan fingerprint density at radius 1 is 1.50 bits per heavy atom. The van der Waals surface area contributed by atoms with Crippen molar-refractivity contribution < 1.29 is 5.11 Å². The summed E-state index contributed by atoms with van der Waals surface area (Å²) in [5.41, 5.74) is 0.348. The van der Waals surface area contributed by atoms with Gasteiger partial charge in [0.25, 0.3) is 0 Å². The van der Waals surface area contributed by atoms with Crippen LogP contribution >= 0.6 is 23.1 Å². The van der Waals surface area contributed by atoms with Gasteiger partial charge < -0.3 is 20.6 Å². The Hall–Kier alpha value is -0.990. The van der Waals surface area contributed by atoms with Crippen molar-refractivity contribution in [2.45, 2.75) is 25.5 Å². The molecule has 1 aromatic heterocycles. The normalized spacial score (nSPS) is 21.9. The number of aliphatic hydroxyl groups is 1. The quantitative estimate of drug-likeness (QED) is 0.531. The number of thioether (sulfide) groups is 1. The van der Waals surface area contributed by atoms with Crippen molar-refractivity contribution in [1.82, 2.24) is 15.6 Å². The highest BCUT2D eigenvalue weighted by Gasteiger charge is 2.31. The van der Waals surface area contributed by atoms with Crippen LogP contribution in [0.3, 0.4) is 0 Å². The highest BCUT2D eigenvalue weighted by atomic mass is 32.2. The summed E-state index contributed by atoms with van der Waals surface area (Å²) in [6.07, 6.45) is 0.836. The predicted octanol–water partition coefficient (Wildman–Crippen LogP) is 1.13. The Balaban J connectivity index is 1.91. The minimum atomic E-state index is -0.612. The van der Waals surface area contributed by atoms with Crippen LogP contribution in [0.4, 0.5) is 5.13 Å². The summed E-state index contributed by atoms with van der Waals surface area (Å²) < 4.78 is 0. The molecule has 2 heterocycles. The van der Waals surface area contributed by atoms with E-state index in [-0.39, 0.29) is 0 Å². The second kappa shape index (κ2) is 8.03. The Morgan fingerprint density at radius 3 is 2.91 bits per heavy atom. The van der Waals surface area contributed by atoms with Gasteiger partial charge >= 0.3 is 0 Å². The van der Waals surface area contributed by atoms with Crippen molar-refractivity contribution in [2.24, 2.45) is 4.99 Å². The SMILES string of the molecule is CCNC(=NCc1csc(N(C)C)n1)NCC1(O)CCSC1. The molecule has 1 aromatic rings. The van der Waals surface area contributed by atoms with Gasteiger partial charge in [0.1, 0.15) is 0 Å². The van der Waals surface area contributed by atoms with Gasteiger partial charge in [-0.15, -0.1) is 11.3 Å². The molecule has 2 rings (SSSR count). The molecule has 8 heteroatoms. The number of thiazole rings is 1. The van der Waals surface area contributed by atoms with Crippen LogP contribution in [0, 0.1) is 0 Å². The second-order valence-corrected chi connectivity index (χ2v) is 7.53. The lowest BCUT2D eigenvalue weighted by Gasteiger charge is -2.23. The number of rotatable bonds is 6. The molecule has 3 N–H and O–H groups in total. The van der Waals surface area contributed by atoms with E-state index in [0.29, 0.717) is 13.1 Å². The molecule has 1 fully saturated rings. The third kappa shape index (κ3) is 5.03. The van der Waals surface area contributed by atoms with E-state index in [1.807, 2.05) is 31.3 Å². The van der Waals surface area contributed by atoms with Crippen LogP contribution in [-0.4, -0.2) is 60.3 Å². The first-order valence-electron chi connectivity index (χ1n) is 7.46. The number of nitrogens with zero attached hydrogens (tertiary/aromatic N) is 3. The predicted molar refractivity (Wildman–Crippen MR) is 96.2 cm³/mol. The zero-order valence-corrected chi connectivity index (χ0v) is 15.1. The Morgan fingerprint density at radius 2 is 2.32 bits per heavy atom. The summed E-state index contributed by atoms with van der Waals surface area (Å²) in [5.74, 6) is 2.54. The average Bonchev–Trinajstić information content (AvgIpc) is 3.11. The molecular formula is C14H25N5OS2. The standard InChI is InChI=1S/C14H25N5OS2/c1-4-15-12(17-9-14(20)5-6-21-10-14)16-7-11-8-22-13(18-11)19(2)3/h8,20H,4-7,9-10H2,1-3H3,(H2,15,16,17). The molecule has 1 saturated heterocycles. The largest absolute Gasteiger partial charge is 0.387 e. The van der Waals surface area contributed by atoms with Crippen LogP contribution in [0.1, 0.15) is 19.0 Å². The number of hydrogen-bond donors (Lipinski definition) is 3. The molecule has 0 spiro atoms. The summed E-state index contributed by atoms with van der Waals surface area (Å²) in [6.45, 7) is 3.89. The van der Waals surface area contributed by atoms with Crippen LogP contribution in [0.5, 0.6) is 0 Å². The molecule has 6 nitrogen and oxygen atoms in total. The van der Waals surface area contributed by atoms with Crippen molar-refractivity contribution in [1.29, 1.82) is 0 Å². The molecule has 0 aromatic carbocycles. The van der Waals surface area contributed by atoms with Gasteiger partial charge in [-0.05, 0) is 19.1 Å². The molecule has 1 atom stereocenters. The fraction of sp³-hybridized carbons (Fsp3) is 0.714. The highest BCUT2D eigenvalue weighted by molar-refractivity contribution is 7.99. The maximum absolute atomic E-state index is 10.4. The summed E-state index contributed by atoms with van der Waals surface area (Å²) in [4.78, 5) is 11.1. The van der Waals surface area contributed by atoms with E-state index in [9.17, 15) is 5.11 Å². The summed E-state index contributed by atoms with van der Waals surface area (Å²) in [6, 6.07) is 0. The molecule has 0 radical (unpaired) electrons. The van der Waals surface area contributed by atoms with Gasteiger partial charge in [0.15, 0.2) is 11.1 Å². The zero-order valence-electron chi connectivity index (χ0n) is 13.4. The van der Waals surface area contributed by atoms with Gasteiger partial charge in [-0.3, -0.25) is 0 Å². The minimum absolute atomic E-state index is 0.534. The lowest BCUT2D eigenvalue weighted by molar-refractivity contribution is 0.0724. The summed E-state index contributed by atoms with van der Waals surface area (Å²) >= 11 is 3.42. The van der Waals surface area contributed by atoms with Crippen molar-refractivity contribution in [3.05, 3.63) is 11.1 Å². The van der Waals surface area contributed by atoms with Gasteiger partial charge in [0.2, 0.25) is 0 Å². The van der Waals surface area contributed by atoms with Crippen molar-refractivity contribution >= 4 is 34.2 Å². The fourth-order valence-corrected chi connectivity index (χ4v) is 4.10. The van der Waals surface area contributed by atoms with Crippen LogP contribution in [0.15, 0.2) is 10.4 Å². The first kappa shape index (κ1) is 17.4. The maximum atomic E-state index is 10.4. The van der Waals surface area contributed by atoms with Gasteiger partial charge in [0.05, 0.1) is 17.8 Å². The van der Waals surface area contributed by atoms with E-state index >= 15 is 0 Å². The van der Waals surface area contributed by atoms with E-state index in [1.165, 1.54) is 0 Å². The van der Waals surface area contributed by atoms with E-state index < -0.39 is 5.60 Å². The molecule has 0 amide bonds. The fourth-order valence-electron chi connectivity index (χ4n) is 2.06. The van der Waals surface area contributed by atoms with E-state index in [2.05, 4.69) is 20.6 Å². The summed E-state index contributed by atoms with van der Waals surface area (Å²) in [7, 11) is 3.97. The van der Waals surface area contributed by atoms with Crippen molar-refractivity contribution in [2.75, 3.05) is 43.6 Å². The summed E-state index contributed by atoms with van der Waals surface area (Å²) in [5, 5.41) is 19.8. The van der Waals surface area contributed by atoms with Crippen LogP contribution in [0.2, 0.25) is 0 Å². The van der Waals surface area contributed by atoms with Gasteiger partial charge in [-0.1, -0.05) is 0 Å². The number of aromatic nitrogens is 1. The van der Waals surface area contributed by atoms with Gasteiger partial charge in [-0.2, -0.15) is 11.8 Å². The van der Waals surface area contributed by atoms with Gasteiger partial charge in [0, 0.05) is 38.3 Å². The molecule has 1 unspecified atom stereocenters. The molecule has 0 saturated carbocycles. The molecule has 1 aliphatic heterocycles. The molecule has 0 bridgehead atoms. The molecule has 22 heavy (non-hydrogen) atoms. The van der Waals surface area contributed by atoms with Crippen LogP contribution in [0.25, 0.3) is 0 Å². The first-order valence-corrected chi connectivity index (χ1v) is 9.50. The lowest BCUT2D eigenvalue weighted by Crippen LogP contribution is -2.47. The second-order valence-electron chi connectivity index (χ2n) is 5.59. The zero-order chi connectivity index (χ0) is 16.0. The first-order chi connectivity index (χ1) is 10.5. The van der Waals surface area contributed by atoms with Crippen molar-refractivity contribution in [3.63, 3.8) is 0 Å². The topological polar surface area (TPSA) is 72.8 Å². The van der Waals surface area contributed by atoms with E-state index in [0.717, 1.165) is 41.3 Å².